The predicted molar refractivity (Wildman–Crippen MR) is 116 cm³/mol. The highest BCUT2D eigenvalue weighted by Crippen LogP contribution is 2.20. The zero-order valence-electron chi connectivity index (χ0n) is 17.3. The van der Waals surface area contributed by atoms with Crippen molar-refractivity contribution in [1.29, 1.82) is 0 Å². The van der Waals surface area contributed by atoms with Crippen molar-refractivity contribution in [3.8, 4) is 5.75 Å². The zero-order chi connectivity index (χ0) is 21.2. The molecule has 0 saturated carbocycles. The number of halogens is 1. The third kappa shape index (κ3) is 6.50. The molecule has 6 heteroatoms. The van der Waals surface area contributed by atoms with Crippen LogP contribution < -0.4 is 10.1 Å². The standard InChI is InChI=1S/C23H29ClN2O3/c1-4-14-25-23(28)21(5-2)26(16-17-10-12-19(29-3)13-11-17)22(27)15-18-8-6-7-9-20(18)24/h6-13,21H,4-5,14-16H2,1-3H3,(H,25,28)/t21-/m1/s1. The van der Waals surface area contributed by atoms with Crippen LogP contribution in [0.25, 0.3) is 0 Å². The molecule has 1 N–H and O–H groups in total. The fraction of sp³-hybridized carbons (Fsp3) is 0.391. The average molecular weight is 417 g/mol. The third-order valence-corrected chi connectivity index (χ3v) is 5.12. The minimum Gasteiger partial charge on any atom is -0.497 e. The maximum absolute atomic E-state index is 13.2. The van der Waals surface area contributed by atoms with E-state index in [0.717, 1.165) is 23.3 Å². The topological polar surface area (TPSA) is 58.6 Å². The Morgan fingerprint density at radius 2 is 1.79 bits per heavy atom. The van der Waals surface area contributed by atoms with Gasteiger partial charge in [0.25, 0.3) is 0 Å². The Kier molecular flexibility index (Phi) is 9.00. The van der Waals surface area contributed by atoms with Crippen molar-refractivity contribution in [2.75, 3.05) is 13.7 Å². The highest BCUT2D eigenvalue weighted by Gasteiger charge is 2.28. The number of carbonyl (C=O) groups is 2. The average Bonchev–Trinajstić information content (AvgIpc) is 2.74. The third-order valence-electron chi connectivity index (χ3n) is 4.75. The SMILES string of the molecule is CCCNC(=O)[C@@H](CC)N(Cc1ccc(OC)cc1)C(=O)Cc1ccccc1Cl. The normalized spacial score (nSPS) is 11.6. The van der Waals surface area contributed by atoms with Gasteiger partial charge in [0.2, 0.25) is 11.8 Å². The molecule has 0 aliphatic rings. The van der Waals surface area contributed by atoms with Crippen LogP contribution >= 0.6 is 11.6 Å². The molecule has 1 atom stereocenters. The zero-order valence-corrected chi connectivity index (χ0v) is 18.0. The molecule has 2 aromatic carbocycles. The van der Waals surface area contributed by atoms with Gasteiger partial charge in [-0.05, 0) is 42.2 Å². The van der Waals surface area contributed by atoms with Gasteiger partial charge in [-0.15, -0.1) is 0 Å². The molecule has 5 nitrogen and oxygen atoms in total. The van der Waals surface area contributed by atoms with Crippen LogP contribution in [0.3, 0.4) is 0 Å². The van der Waals surface area contributed by atoms with Crippen LogP contribution in [0.4, 0.5) is 0 Å². The van der Waals surface area contributed by atoms with E-state index in [1.807, 2.05) is 56.3 Å². The number of nitrogens with one attached hydrogen (secondary N) is 1. The molecule has 0 saturated heterocycles. The predicted octanol–water partition coefficient (Wildman–Crippen LogP) is 4.22. The van der Waals surface area contributed by atoms with Gasteiger partial charge in [0.05, 0.1) is 13.5 Å². The first-order valence-electron chi connectivity index (χ1n) is 9.93. The fourth-order valence-corrected chi connectivity index (χ4v) is 3.32. The monoisotopic (exact) mass is 416 g/mol. The van der Waals surface area contributed by atoms with Gasteiger partial charge in [-0.3, -0.25) is 9.59 Å². The molecule has 0 aromatic heterocycles. The largest absolute Gasteiger partial charge is 0.497 e. The second-order valence-electron chi connectivity index (χ2n) is 6.85. The molecule has 0 aliphatic heterocycles. The van der Waals surface area contributed by atoms with E-state index in [0.29, 0.717) is 24.5 Å². The number of amides is 2. The number of rotatable bonds is 10. The van der Waals surface area contributed by atoms with Crippen LogP contribution in [0.5, 0.6) is 5.75 Å². The molecule has 2 aromatic rings. The van der Waals surface area contributed by atoms with E-state index >= 15 is 0 Å². The van der Waals surface area contributed by atoms with Gasteiger partial charge < -0.3 is 15.0 Å². The molecular formula is C23H29ClN2O3. The Morgan fingerprint density at radius 3 is 2.38 bits per heavy atom. The summed E-state index contributed by atoms with van der Waals surface area (Å²) in [6.07, 6.45) is 1.52. The van der Waals surface area contributed by atoms with Crippen LogP contribution in [0.1, 0.15) is 37.8 Å². The van der Waals surface area contributed by atoms with E-state index in [1.54, 1.807) is 18.1 Å². The molecule has 156 valence electrons. The molecule has 29 heavy (non-hydrogen) atoms. The lowest BCUT2D eigenvalue weighted by Gasteiger charge is -2.31. The van der Waals surface area contributed by atoms with Crippen LogP contribution in [-0.4, -0.2) is 36.4 Å². The fourth-order valence-electron chi connectivity index (χ4n) is 3.12. The van der Waals surface area contributed by atoms with Gasteiger partial charge in [0.1, 0.15) is 11.8 Å². The van der Waals surface area contributed by atoms with Gasteiger partial charge in [0.15, 0.2) is 0 Å². The van der Waals surface area contributed by atoms with E-state index in [1.165, 1.54) is 0 Å². The van der Waals surface area contributed by atoms with Gasteiger partial charge in [0, 0.05) is 18.1 Å². The number of benzene rings is 2. The van der Waals surface area contributed by atoms with Crippen molar-refractivity contribution < 1.29 is 14.3 Å². The summed E-state index contributed by atoms with van der Waals surface area (Å²) in [5.41, 5.74) is 1.68. The molecule has 0 heterocycles. The summed E-state index contributed by atoms with van der Waals surface area (Å²) < 4.78 is 5.21. The van der Waals surface area contributed by atoms with Crippen molar-refractivity contribution >= 4 is 23.4 Å². The maximum Gasteiger partial charge on any atom is 0.242 e. The van der Waals surface area contributed by atoms with Crippen molar-refractivity contribution in [2.45, 2.75) is 45.7 Å². The highest BCUT2D eigenvalue weighted by atomic mass is 35.5. The first-order valence-corrected chi connectivity index (χ1v) is 10.3. The quantitative estimate of drug-likeness (QED) is 0.630. The van der Waals surface area contributed by atoms with E-state index < -0.39 is 6.04 Å². The maximum atomic E-state index is 13.2. The first-order chi connectivity index (χ1) is 14.0. The number of methoxy groups -OCH3 is 1. The number of hydrogen-bond donors (Lipinski definition) is 1. The second-order valence-corrected chi connectivity index (χ2v) is 7.26. The van der Waals surface area contributed by atoms with E-state index in [2.05, 4.69) is 5.32 Å². The van der Waals surface area contributed by atoms with Crippen LogP contribution in [0.15, 0.2) is 48.5 Å². The first kappa shape index (κ1) is 22.8. The number of hydrogen-bond acceptors (Lipinski definition) is 3. The van der Waals surface area contributed by atoms with E-state index in [9.17, 15) is 9.59 Å². The number of ether oxygens (including phenoxy) is 1. The summed E-state index contributed by atoms with van der Waals surface area (Å²) in [4.78, 5) is 27.6. The Hall–Kier alpha value is -2.53. The van der Waals surface area contributed by atoms with Crippen LogP contribution in [-0.2, 0) is 22.6 Å². The van der Waals surface area contributed by atoms with Crippen LogP contribution in [0.2, 0.25) is 5.02 Å². The van der Waals surface area contributed by atoms with Crippen LogP contribution in [0, 0.1) is 0 Å². The summed E-state index contributed by atoms with van der Waals surface area (Å²) in [6, 6.07) is 14.3. The molecule has 0 spiro atoms. The Labute approximate surface area is 178 Å². The van der Waals surface area contributed by atoms with Gasteiger partial charge in [-0.25, -0.2) is 0 Å². The van der Waals surface area contributed by atoms with Crippen molar-refractivity contribution in [1.82, 2.24) is 10.2 Å². The minimum atomic E-state index is -0.543. The number of carbonyl (C=O) groups excluding carboxylic acids is 2. The molecule has 2 rings (SSSR count). The van der Waals surface area contributed by atoms with Gasteiger partial charge in [-0.2, -0.15) is 0 Å². The van der Waals surface area contributed by atoms with Crippen molar-refractivity contribution in [3.05, 3.63) is 64.7 Å². The summed E-state index contributed by atoms with van der Waals surface area (Å²) in [7, 11) is 1.61. The Bertz CT molecular complexity index is 808. The smallest absolute Gasteiger partial charge is 0.242 e. The minimum absolute atomic E-state index is 0.129. The molecular weight excluding hydrogens is 388 g/mol. The molecule has 0 radical (unpaired) electrons. The lowest BCUT2D eigenvalue weighted by atomic mass is 10.1. The van der Waals surface area contributed by atoms with E-state index in [-0.39, 0.29) is 18.2 Å². The summed E-state index contributed by atoms with van der Waals surface area (Å²) >= 11 is 6.25. The summed E-state index contributed by atoms with van der Waals surface area (Å²) in [5.74, 6) is 0.484. The molecule has 0 aliphatic carbocycles. The van der Waals surface area contributed by atoms with Gasteiger partial charge in [-0.1, -0.05) is 55.8 Å². The molecule has 0 fully saturated rings. The molecule has 2 amide bonds. The lowest BCUT2D eigenvalue weighted by molar-refractivity contribution is -0.140. The second kappa shape index (κ2) is 11.5. The summed E-state index contributed by atoms with van der Waals surface area (Å²) in [6.45, 7) is 4.84. The lowest BCUT2D eigenvalue weighted by Crippen LogP contribution is -2.49. The molecule has 0 unspecified atom stereocenters. The van der Waals surface area contributed by atoms with Gasteiger partial charge >= 0.3 is 0 Å². The highest BCUT2D eigenvalue weighted by molar-refractivity contribution is 6.31. The molecule has 0 bridgehead atoms. The Morgan fingerprint density at radius 1 is 1.10 bits per heavy atom. The summed E-state index contributed by atoms with van der Waals surface area (Å²) in [5, 5.41) is 3.47. The Balaban J connectivity index is 2.27. The van der Waals surface area contributed by atoms with E-state index in [4.69, 9.17) is 16.3 Å². The van der Waals surface area contributed by atoms with Crippen molar-refractivity contribution in [2.24, 2.45) is 0 Å². The number of nitrogens with zero attached hydrogens (tertiary/aromatic N) is 1. The van der Waals surface area contributed by atoms with Crippen molar-refractivity contribution in [3.63, 3.8) is 0 Å².